The monoisotopic (exact) mass is 401 g/mol. The van der Waals surface area contributed by atoms with Gasteiger partial charge in [0, 0.05) is 38.3 Å². The molecule has 1 aliphatic rings. The molecule has 1 aromatic carbocycles. The zero-order valence-electron chi connectivity index (χ0n) is 17.9. The van der Waals surface area contributed by atoms with E-state index in [1.807, 2.05) is 11.0 Å². The van der Waals surface area contributed by atoms with E-state index in [9.17, 15) is 9.18 Å². The number of hydrogen-bond acceptors (Lipinski definition) is 4. The number of halogens is 1. The van der Waals surface area contributed by atoms with Crippen LogP contribution in [0.4, 0.5) is 4.39 Å². The van der Waals surface area contributed by atoms with E-state index >= 15 is 0 Å². The van der Waals surface area contributed by atoms with Crippen molar-refractivity contribution in [1.29, 1.82) is 0 Å². The maximum absolute atomic E-state index is 13.2. The van der Waals surface area contributed by atoms with Gasteiger partial charge in [-0.2, -0.15) is 0 Å². The molecule has 6 heteroatoms. The number of likely N-dealkylation sites (N-methyl/N-ethyl adjacent to an activating group) is 1. The van der Waals surface area contributed by atoms with Crippen LogP contribution in [0.5, 0.6) is 0 Å². The summed E-state index contributed by atoms with van der Waals surface area (Å²) in [5, 5.41) is 0. The number of furan rings is 1. The van der Waals surface area contributed by atoms with Crippen molar-refractivity contribution in [2.24, 2.45) is 0 Å². The Bertz CT molecular complexity index is 802. The van der Waals surface area contributed by atoms with Crippen LogP contribution in [-0.2, 0) is 13.1 Å². The number of carbonyl (C=O) groups is 1. The Labute approximate surface area is 173 Å². The highest BCUT2D eigenvalue weighted by molar-refractivity contribution is 5.91. The maximum Gasteiger partial charge on any atom is 0.289 e. The molecule has 1 amide bonds. The summed E-state index contributed by atoms with van der Waals surface area (Å²) in [7, 11) is 0. The summed E-state index contributed by atoms with van der Waals surface area (Å²) in [5.74, 6) is 0.899. The van der Waals surface area contributed by atoms with Gasteiger partial charge in [-0.1, -0.05) is 19.1 Å². The van der Waals surface area contributed by atoms with Gasteiger partial charge in [0.05, 0.1) is 6.54 Å². The summed E-state index contributed by atoms with van der Waals surface area (Å²) in [6.07, 6.45) is 0. The largest absolute Gasteiger partial charge is 0.455 e. The molecule has 1 fully saturated rings. The third kappa shape index (κ3) is 5.67. The minimum absolute atomic E-state index is 0.0344. The van der Waals surface area contributed by atoms with Gasteiger partial charge in [-0.15, -0.1) is 0 Å². The molecule has 0 unspecified atom stereocenters. The number of benzene rings is 1. The van der Waals surface area contributed by atoms with Crippen molar-refractivity contribution in [3.8, 4) is 0 Å². The summed E-state index contributed by atoms with van der Waals surface area (Å²) >= 11 is 0. The van der Waals surface area contributed by atoms with Crippen molar-refractivity contribution in [3.05, 3.63) is 59.3 Å². The lowest BCUT2D eigenvalue weighted by atomic mass is 10.0. The number of hydrogen-bond donors (Lipinski definition) is 0. The molecule has 0 radical (unpaired) electrons. The maximum atomic E-state index is 13.2. The van der Waals surface area contributed by atoms with E-state index in [-0.39, 0.29) is 17.3 Å². The Morgan fingerprint density at radius 1 is 1.03 bits per heavy atom. The SMILES string of the molecule is CCN1CCN(C(=O)c2ccc(CN(Cc3ccc(F)cc3)C(C)(C)C)o2)CC1. The van der Waals surface area contributed by atoms with Crippen molar-refractivity contribution in [2.75, 3.05) is 32.7 Å². The van der Waals surface area contributed by atoms with Gasteiger partial charge in [0.1, 0.15) is 11.6 Å². The molecule has 1 aromatic heterocycles. The zero-order chi connectivity index (χ0) is 21.0. The minimum Gasteiger partial charge on any atom is -0.455 e. The third-order valence-electron chi connectivity index (χ3n) is 5.56. The minimum atomic E-state index is -0.231. The fourth-order valence-corrected chi connectivity index (χ4v) is 3.53. The first-order chi connectivity index (χ1) is 13.8. The Hall–Kier alpha value is -2.18. The van der Waals surface area contributed by atoms with E-state index < -0.39 is 0 Å². The molecule has 2 heterocycles. The quantitative estimate of drug-likeness (QED) is 0.734. The van der Waals surface area contributed by atoms with Crippen LogP contribution in [0.25, 0.3) is 0 Å². The van der Waals surface area contributed by atoms with E-state index in [1.165, 1.54) is 12.1 Å². The molecule has 0 saturated carbocycles. The standard InChI is InChI=1S/C23H32FN3O2/c1-5-25-12-14-26(15-13-25)22(28)21-11-10-20(29-21)17-27(23(2,3)4)16-18-6-8-19(24)9-7-18/h6-11H,5,12-17H2,1-4H3. The highest BCUT2D eigenvalue weighted by atomic mass is 19.1. The lowest BCUT2D eigenvalue weighted by Gasteiger charge is -2.35. The van der Waals surface area contributed by atoms with E-state index in [4.69, 9.17) is 4.42 Å². The zero-order valence-corrected chi connectivity index (χ0v) is 17.9. The first-order valence-corrected chi connectivity index (χ1v) is 10.4. The normalized spacial score (nSPS) is 15.9. The lowest BCUT2D eigenvalue weighted by molar-refractivity contribution is 0.0604. The van der Waals surface area contributed by atoms with Crippen LogP contribution in [0, 0.1) is 5.82 Å². The van der Waals surface area contributed by atoms with Gasteiger partial charge in [0.2, 0.25) is 0 Å². The lowest BCUT2D eigenvalue weighted by Crippen LogP contribution is -2.48. The van der Waals surface area contributed by atoms with Gasteiger partial charge < -0.3 is 14.2 Å². The van der Waals surface area contributed by atoms with Crippen LogP contribution in [0.1, 0.15) is 49.6 Å². The molecule has 0 bridgehead atoms. The van der Waals surface area contributed by atoms with E-state index in [1.54, 1.807) is 18.2 Å². The van der Waals surface area contributed by atoms with Crippen LogP contribution in [-0.4, -0.2) is 58.9 Å². The van der Waals surface area contributed by atoms with Gasteiger partial charge in [-0.05, 0) is 57.1 Å². The van der Waals surface area contributed by atoms with Crippen LogP contribution in [0.2, 0.25) is 0 Å². The van der Waals surface area contributed by atoms with Crippen molar-refractivity contribution < 1.29 is 13.6 Å². The number of rotatable bonds is 6. The average Bonchev–Trinajstić information content (AvgIpc) is 3.16. The molecule has 1 saturated heterocycles. The Kier molecular flexibility index (Phi) is 6.75. The van der Waals surface area contributed by atoms with Crippen molar-refractivity contribution >= 4 is 5.91 Å². The second kappa shape index (κ2) is 9.09. The number of piperazine rings is 1. The molecule has 0 aliphatic carbocycles. The molecule has 29 heavy (non-hydrogen) atoms. The van der Waals surface area contributed by atoms with Crippen molar-refractivity contribution in [2.45, 2.75) is 46.3 Å². The second-order valence-corrected chi connectivity index (χ2v) is 8.65. The number of carbonyl (C=O) groups excluding carboxylic acids is 1. The van der Waals surface area contributed by atoms with Crippen LogP contribution in [0.3, 0.4) is 0 Å². The fraction of sp³-hybridized carbons (Fsp3) is 0.522. The molecule has 5 nitrogen and oxygen atoms in total. The summed E-state index contributed by atoms with van der Waals surface area (Å²) in [6, 6.07) is 10.2. The number of amides is 1. The van der Waals surface area contributed by atoms with Crippen LogP contribution in [0.15, 0.2) is 40.8 Å². The number of nitrogens with zero attached hydrogens (tertiary/aromatic N) is 3. The van der Waals surface area contributed by atoms with Gasteiger partial charge in [-0.25, -0.2) is 4.39 Å². The van der Waals surface area contributed by atoms with E-state index in [2.05, 4.69) is 37.5 Å². The third-order valence-corrected chi connectivity index (χ3v) is 5.56. The highest BCUT2D eigenvalue weighted by Gasteiger charge is 2.26. The molecular weight excluding hydrogens is 369 g/mol. The fourth-order valence-electron chi connectivity index (χ4n) is 3.53. The molecule has 3 rings (SSSR count). The summed E-state index contributed by atoms with van der Waals surface area (Å²) in [4.78, 5) is 19.2. The Balaban J connectivity index is 1.66. The summed E-state index contributed by atoms with van der Waals surface area (Å²) in [6.45, 7) is 14.1. The summed E-state index contributed by atoms with van der Waals surface area (Å²) < 4.78 is 19.1. The Morgan fingerprint density at radius 2 is 1.69 bits per heavy atom. The molecule has 0 atom stereocenters. The highest BCUT2D eigenvalue weighted by Crippen LogP contribution is 2.22. The second-order valence-electron chi connectivity index (χ2n) is 8.65. The first-order valence-electron chi connectivity index (χ1n) is 10.4. The first kappa shape index (κ1) is 21.5. The Morgan fingerprint density at radius 3 is 2.28 bits per heavy atom. The summed E-state index contributed by atoms with van der Waals surface area (Å²) in [5.41, 5.74) is 0.930. The van der Waals surface area contributed by atoms with Crippen LogP contribution < -0.4 is 0 Å². The topological polar surface area (TPSA) is 39.9 Å². The van der Waals surface area contributed by atoms with Crippen molar-refractivity contribution in [3.63, 3.8) is 0 Å². The van der Waals surface area contributed by atoms with Crippen molar-refractivity contribution in [1.82, 2.24) is 14.7 Å². The van der Waals surface area contributed by atoms with Gasteiger partial charge in [0.15, 0.2) is 5.76 Å². The predicted octanol–water partition coefficient (Wildman–Crippen LogP) is 4.00. The van der Waals surface area contributed by atoms with E-state index in [0.29, 0.717) is 18.8 Å². The van der Waals surface area contributed by atoms with Gasteiger partial charge in [0.25, 0.3) is 5.91 Å². The van der Waals surface area contributed by atoms with Gasteiger partial charge >= 0.3 is 0 Å². The molecular formula is C23H32FN3O2. The van der Waals surface area contributed by atoms with E-state index in [0.717, 1.165) is 44.0 Å². The molecule has 2 aromatic rings. The predicted molar refractivity (Wildman–Crippen MR) is 112 cm³/mol. The molecule has 1 aliphatic heterocycles. The molecule has 158 valence electrons. The molecule has 0 spiro atoms. The average molecular weight is 402 g/mol. The smallest absolute Gasteiger partial charge is 0.289 e. The van der Waals surface area contributed by atoms with Gasteiger partial charge in [-0.3, -0.25) is 9.69 Å². The van der Waals surface area contributed by atoms with Crippen LogP contribution >= 0.6 is 0 Å². The molecule has 0 N–H and O–H groups in total.